The Morgan fingerprint density at radius 3 is 2.60 bits per heavy atom. The van der Waals surface area contributed by atoms with Gasteiger partial charge in [-0.1, -0.05) is 0 Å². The number of hydrogen-bond acceptors (Lipinski definition) is 4. The molecule has 0 aliphatic carbocycles. The van der Waals surface area contributed by atoms with E-state index < -0.39 is 17.8 Å². The Morgan fingerprint density at radius 2 is 2.05 bits per heavy atom. The van der Waals surface area contributed by atoms with Gasteiger partial charge in [-0.05, 0) is 12.8 Å². The van der Waals surface area contributed by atoms with Gasteiger partial charge in [0, 0.05) is 31.5 Å². The average molecular weight is 289 g/mol. The van der Waals surface area contributed by atoms with Gasteiger partial charge < -0.3 is 16.0 Å². The lowest BCUT2D eigenvalue weighted by Crippen LogP contribution is -2.47. The van der Waals surface area contributed by atoms with Crippen LogP contribution in [0.1, 0.15) is 18.4 Å². The first kappa shape index (κ1) is 14.4. The highest BCUT2D eigenvalue weighted by Gasteiger charge is 2.31. The topological polar surface area (TPSA) is 84.1 Å². The summed E-state index contributed by atoms with van der Waals surface area (Å²) in [6.07, 6.45) is -1.46. The van der Waals surface area contributed by atoms with Gasteiger partial charge in [-0.2, -0.15) is 13.2 Å². The zero-order chi connectivity index (χ0) is 14.8. The minimum Gasteiger partial charge on any atom is -0.351 e. The summed E-state index contributed by atoms with van der Waals surface area (Å²) in [4.78, 5) is 19.8. The van der Waals surface area contributed by atoms with E-state index >= 15 is 0 Å². The first-order valence-electron chi connectivity index (χ1n) is 6.06. The number of halogens is 3. The molecule has 0 radical (unpaired) electrons. The Hall–Kier alpha value is -2.06. The van der Waals surface area contributed by atoms with Gasteiger partial charge in [-0.3, -0.25) is 0 Å². The summed E-state index contributed by atoms with van der Waals surface area (Å²) in [5.41, 5.74) is 4.30. The van der Waals surface area contributed by atoms with Crippen LogP contribution < -0.4 is 11.1 Å². The van der Waals surface area contributed by atoms with Crippen LogP contribution in [0.25, 0.3) is 0 Å². The van der Waals surface area contributed by atoms with Gasteiger partial charge in [0.15, 0.2) is 0 Å². The molecule has 1 fully saturated rings. The molecule has 20 heavy (non-hydrogen) atoms. The molecule has 1 aromatic heterocycles. The third-order valence-corrected chi connectivity index (χ3v) is 3.05. The van der Waals surface area contributed by atoms with Gasteiger partial charge in [-0.15, -0.1) is 0 Å². The molecule has 0 unspecified atom stereocenters. The number of likely N-dealkylation sites (tertiary alicyclic amines) is 1. The number of anilines is 1. The third-order valence-electron chi connectivity index (χ3n) is 3.05. The van der Waals surface area contributed by atoms with Crippen molar-refractivity contribution < 1.29 is 18.0 Å². The molecule has 1 aliphatic heterocycles. The molecular formula is C11H14F3N5O. The highest BCUT2D eigenvalue weighted by Crippen LogP contribution is 2.28. The smallest absolute Gasteiger partial charge is 0.351 e. The summed E-state index contributed by atoms with van der Waals surface area (Å²) in [7, 11) is 0. The molecule has 2 heterocycles. The van der Waals surface area contributed by atoms with Crippen molar-refractivity contribution >= 4 is 12.0 Å². The fourth-order valence-corrected chi connectivity index (χ4v) is 2.03. The number of nitrogens with one attached hydrogen (secondary N) is 1. The lowest BCUT2D eigenvalue weighted by molar-refractivity contribution is -0.138. The second kappa shape index (κ2) is 5.51. The number of nitrogens with zero attached hydrogens (tertiary/aromatic N) is 3. The molecule has 9 heteroatoms. The summed E-state index contributed by atoms with van der Waals surface area (Å²) >= 11 is 0. The number of amides is 2. The van der Waals surface area contributed by atoms with Gasteiger partial charge in [0.05, 0.1) is 5.56 Å². The van der Waals surface area contributed by atoms with E-state index in [4.69, 9.17) is 5.73 Å². The van der Waals surface area contributed by atoms with E-state index in [1.54, 1.807) is 0 Å². The second-order valence-corrected chi connectivity index (χ2v) is 4.56. The number of alkyl halides is 3. The van der Waals surface area contributed by atoms with Crippen LogP contribution in [0.15, 0.2) is 12.4 Å². The molecule has 3 N–H and O–H groups in total. The third kappa shape index (κ3) is 3.49. The minimum atomic E-state index is -4.45. The average Bonchev–Trinajstić information content (AvgIpc) is 2.38. The van der Waals surface area contributed by atoms with E-state index in [-0.39, 0.29) is 12.0 Å². The summed E-state index contributed by atoms with van der Waals surface area (Å²) in [5.74, 6) is 0.106. The maximum atomic E-state index is 12.4. The van der Waals surface area contributed by atoms with Crippen molar-refractivity contribution in [2.24, 2.45) is 5.73 Å². The van der Waals surface area contributed by atoms with Crippen molar-refractivity contribution in [2.45, 2.75) is 25.1 Å². The number of nitrogens with two attached hydrogens (primary N) is 1. The highest BCUT2D eigenvalue weighted by atomic mass is 19.4. The maximum Gasteiger partial charge on any atom is 0.419 e. The van der Waals surface area contributed by atoms with Crippen LogP contribution in [-0.2, 0) is 6.18 Å². The maximum absolute atomic E-state index is 12.4. The van der Waals surface area contributed by atoms with Crippen LogP contribution >= 0.6 is 0 Å². The quantitative estimate of drug-likeness (QED) is 0.863. The fraction of sp³-hybridized carbons (Fsp3) is 0.545. The molecule has 2 rings (SSSR count). The monoisotopic (exact) mass is 289 g/mol. The molecule has 1 saturated heterocycles. The van der Waals surface area contributed by atoms with E-state index in [1.807, 2.05) is 0 Å². The van der Waals surface area contributed by atoms with Crippen LogP contribution in [0.4, 0.5) is 23.9 Å². The minimum absolute atomic E-state index is 0.106. The van der Waals surface area contributed by atoms with Crippen molar-refractivity contribution in [3.05, 3.63) is 18.0 Å². The largest absolute Gasteiger partial charge is 0.419 e. The number of carbonyl (C=O) groups excluding carboxylic acids is 1. The SMILES string of the molecule is NC(=O)N1CCC[C@H](Nc2ncc(C(F)(F)F)cn2)C1. The predicted octanol–water partition coefficient (Wildman–Crippen LogP) is 1.45. The van der Waals surface area contributed by atoms with Gasteiger partial charge in [-0.25, -0.2) is 14.8 Å². The summed E-state index contributed by atoms with van der Waals surface area (Å²) in [6.45, 7) is 0.973. The van der Waals surface area contributed by atoms with Crippen LogP contribution in [-0.4, -0.2) is 40.0 Å². The Morgan fingerprint density at radius 1 is 1.40 bits per heavy atom. The van der Waals surface area contributed by atoms with Crippen molar-refractivity contribution in [1.82, 2.24) is 14.9 Å². The fourth-order valence-electron chi connectivity index (χ4n) is 2.03. The number of hydrogen-bond donors (Lipinski definition) is 2. The van der Waals surface area contributed by atoms with E-state index in [9.17, 15) is 18.0 Å². The summed E-state index contributed by atoms with van der Waals surface area (Å²) < 4.78 is 37.1. The standard InChI is InChI=1S/C11H14F3N5O/c12-11(13,14)7-4-16-10(17-5-7)18-8-2-1-3-19(6-8)9(15)20/h4-5,8H,1-3,6H2,(H2,15,20)(H,16,17,18)/t8-/m0/s1. The van der Waals surface area contributed by atoms with Gasteiger partial charge in [0.25, 0.3) is 0 Å². The van der Waals surface area contributed by atoms with Crippen molar-refractivity contribution in [2.75, 3.05) is 18.4 Å². The number of aromatic nitrogens is 2. The van der Waals surface area contributed by atoms with Gasteiger partial charge >= 0.3 is 12.2 Å². The highest BCUT2D eigenvalue weighted by molar-refractivity contribution is 5.72. The Bertz CT molecular complexity index is 476. The van der Waals surface area contributed by atoms with Crippen LogP contribution in [0.5, 0.6) is 0 Å². The number of carbonyl (C=O) groups is 1. The number of rotatable bonds is 2. The van der Waals surface area contributed by atoms with E-state index in [0.717, 1.165) is 25.2 Å². The first-order chi connectivity index (χ1) is 9.36. The van der Waals surface area contributed by atoms with Gasteiger partial charge in [0.2, 0.25) is 5.95 Å². The van der Waals surface area contributed by atoms with Crippen molar-refractivity contribution in [1.29, 1.82) is 0 Å². The zero-order valence-corrected chi connectivity index (χ0v) is 10.5. The summed E-state index contributed by atoms with van der Waals surface area (Å²) in [5, 5.41) is 2.91. The lowest BCUT2D eigenvalue weighted by Gasteiger charge is -2.31. The Balaban J connectivity index is 1.98. The first-order valence-corrected chi connectivity index (χ1v) is 6.06. The Labute approximate surface area is 113 Å². The van der Waals surface area contributed by atoms with Crippen molar-refractivity contribution in [3.8, 4) is 0 Å². The molecule has 0 saturated carbocycles. The van der Waals surface area contributed by atoms with Crippen LogP contribution in [0.3, 0.4) is 0 Å². The molecule has 0 aromatic carbocycles. The zero-order valence-electron chi connectivity index (χ0n) is 10.5. The molecule has 110 valence electrons. The predicted molar refractivity (Wildman–Crippen MR) is 64.8 cm³/mol. The molecule has 2 amide bonds. The van der Waals surface area contributed by atoms with E-state index in [2.05, 4.69) is 15.3 Å². The molecular weight excluding hydrogens is 275 g/mol. The molecule has 6 nitrogen and oxygen atoms in total. The van der Waals surface area contributed by atoms with Crippen LogP contribution in [0, 0.1) is 0 Å². The van der Waals surface area contributed by atoms with Crippen LogP contribution in [0.2, 0.25) is 0 Å². The lowest BCUT2D eigenvalue weighted by atomic mass is 10.1. The van der Waals surface area contributed by atoms with E-state index in [1.165, 1.54) is 4.90 Å². The van der Waals surface area contributed by atoms with Gasteiger partial charge in [0.1, 0.15) is 0 Å². The second-order valence-electron chi connectivity index (χ2n) is 4.56. The molecule has 1 aliphatic rings. The van der Waals surface area contributed by atoms with Crippen molar-refractivity contribution in [3.63, 3.8) is 0 Å². The number of primary amides is 1. The number of piperidine rings is 1. The molecule has 0 bridgehead atoms. The molecule has 1 atom stereocenters. The summed E-state index contributed by atoms with van der Waals surface area (Å²) in [6, 6.07) is -0.627. The number of urea groups is 1. The van der Waals surface area contributed by atoms with E-state index in [0.29, 0.717) is 13.1 Å². The normalized spacial score (nSPS) is 19.8. The molecule has 0 spiro atoms. The Kier molecular flexibility index (Phi) is 3.96. The molecule has 1 aromatic rings.